The second-order valence-electron chi connectivity index (χ2n) is 5.58. The Morgan fingerprint density at radius 1 is 1.29 bits per heavy atom. The van der Waals surface area contributed by atoms with E-state index in [1.54, 1.807) is 0 Å². The van der Waals surface area contributed by atoms with Crippen molar-refractivity contribution in [1.82, 2.24) is 5.32 Å². The zero-order valence-electron chi connectivity index (χ0n) is 11.6. The third-order valence-electron chi connectivity index (χ3n) is 3.91. The number of carbonyl (C=O) groups is 2. The first-order valence-corrected chi connectivity index (χ1v) is 6.83. The Labute approximate surface area is 121 Å². The van der Waals surface area contributed by atoms with Crippen LogP contribution in [0.2, 0.25) is 0 Å². The Bertz CT molecular complexity index is 562. The molecule has 114 valence electrons. The topological polar surface area (TPSA) is 66.4 Å². The molecule has 6 heteroatoms. The van der Waals surface area contributed by atoms with E-state index in [0.29, 0.717) is 12.8 Å². The highest BCUT2D eigenvalue weighted by Gasteiger charge is 2.41. The standard InChI is InChI=1S/C15H17F2NO3/c1-8-4-11(12(5-8)15(20)21)14(19)18-7-9-6-10(16)2-3-13(9)17/h2-3,6,8,11-12H,4-5,7H2,1H3,(H,18,19)(H,20,21). The van der Waals surface area contributed by atoms with Crippen molar-refractivity contribution in [2.24, 2.45) is 17.8 Å². The van der Waals surface area contributed by atoms with Gasteiger partial charge < -0.3 is 10.4 Å². The average Bonchev–Trinajstić information content (AvgIpc) is 2.82. The lowest BCUT2D eigenvalue weighted by molar-refractivity contribution is -0.146. The number of aliphatic carboxylic acids is 1. The van der Waals surface area contributed by atoms with Crippen LogP contribution in [0, 0.1) is 29.4 Å². The van der Waals surface area contributed by atoms with E-state index < -0.39 is 35.3 Å². The molecular weight excluding hydrogens is 280 g/mol. The van der Waals surface area contributed by atoms with Gasteiger partial charge in [0.1, 0.15) is 11.6 Å². The van der Waals surface area contributed by atoms with Crippen LogP contribution in [-0.2, 0) is 16.1 Å². The van der Waals surface area contributed by atoms with E-state index in [9.17, 15) is 18.4 Å². The van der Waals surface area contributed by atoms with Crippen molar-refractivity contribution in [3.63, 3.8) is 0 Å². The molecule has 2 rings (SSSR count). The van der Waals surface area contributed by atoms with Crippen molar-refractivity contribution < 1.29 is 23.5 Å². The van der Waals surface area contributed by atoms with E-state index in [4.69, 9.17) is 5.11 Å². The minimum Gasteiger partial charge on any atom is -0.481 e. The van der Waals surface area contributed by atoms with Crippen LogP contribution in [-0.4, -0.2) is 17.0 Å². The van der Waals surface area contributed by atoms with Crippen molar-refractivity contribution in [3.05, 3.63) is 35.4 Å². The monoisotopic (exact) mass is 297 g/mol. The number of halogens is 2. The molecule has 4 nitrogen and oxygen atoms in total. The molecule has 2 N–H and O–H groups in total. The second kappa shape index (κ2) is 6.20. The van der Waals surface area contributed by atoms with Crippen molar-refractivity contribution in [1.29, 1.82) is 0 Å². The SMILES string of the molecule is CC1CC(C(=O)O)C(C(=O)NCc2cc(F)ccc2F)C1. The maximum atomic E-state index is 13.5. The van der Waals surface area contributed by atoms with E-state index in [0.717, 1.165) is 18.2 Å². The van der Waals surface area contributed by atoms with Gasteiger partial charge in [-0.15, -0.1) is 0 Å². The number of benzene rings is 1. The first-order chi connectivity index (χ1) is 9.88. The Hall–Kier alpha value is -1.98. The summed E-state index contributed by atoms with van der Waals surface area (Å²) in [7, 11) is 0. The Morgan fingerprint density at radius 2 is 1.95 bits per heavy atom. The van der Waals surface area contributed by atoms with Crippen LogP contribution in [0.3, 0.4) is 0 Å². The van der Waals surface area contributed by atoms with Gasteiger partial charge in [0.2, 0.25) is 5.91 Å². The minimum absolute atomic E-state index is 0.0428. The van der Waals surface area contributed by atoms with Crippen LogP contribution in [0.5, 0.6) is 0 Å². The molecule has 3 atom stereocenters. The molecule has 21 heavy (non-hydrogen) atoms. The van der Waals surface area contributed by atoms with Gasteiger partial charge in [0.05, 0.1) is 11.8 Å². The third-order valence-corrected chi connectivity index (χ3v) is 3.91. The fraction of sp³-hybridized carbons (Fsp3) is 0.467. The first kappa shape index (κ1) is 15.4. The number of hydrogen-bond acceptors (Lipinski definition) is 2. The number of carboxylic acid groups (broad SMARTS) is 1. The number of carbonyl (C=O) groups excluding carboxylic acids is 1. The van der Waals surface area contributed by atoms with Gasteiger partial charge >= 0.3 is 5.97 Å². The van der Waals surface area contributed by atoms with Crippen LogP contribution < -0.4 is 5.32 Å². The van der Waals surface area contributed by atoms with Crippen LogP contribution in [0.15, 0.2) is 18.2 Å². The highest BCUT2D eigenvalue weighted by molar-refractivity contribution is 5.85. The average molecular weight is 297 g/mol. The molecule has 0 radical (unpaired) electrons. The van der Waals surface area contributed by atoms with Gasteiger partial charge in [-0.25, -0.2) is 8.78 Å². The van der Waals surface area contributed by atoms with Crippen LogP contribution in [0.25, 0.3) is 0 Å². The fourth-order valence-corrected chi connectivity index (χ4v) is 2.85. The summed E-state index contributed by atoms with van der Waals surface area (Å²) in [6.45, 7) is 1.75. The predicted molar refractivity (Wildman–Crippen MR) is 71.2 cm³/mol. The molecule has 1 aliphatic carbocycles. The summed E-state index contributed by atoms with van der Waals surface area (Å²) in [6.07, 6.45) is 0.955. The number of amides is 1. The molecule has 1 aromatic rings. The zero-order valence-corrected chi connectivity index (χ0v) is 11.6. The molecule has 0 saturated heterocycles. The number of hydrogen-bond donors (Lipinski definition) is 2. The Kier molecular flexibility index (Phi) is 4.55. The van der Waals surface area contributed by atoms with Gasteiger partial charge in [0.25, 0.3) is 0 Å². The molecule has 0 aliphatic heterocycles. The minimum atomic E-state index is -0.989. The molecule has 1 saturated carbocycles. The molecule has 0 spiro atoms. The maximum Gasteiger partial charge on any atom is 0.307 e. The lowest BCUT2D eigenvalue weighted by Crippen LogP contribution is -2.35. The van der Waals surface area contributed by atoms with Crippen molar-refractivity contribution in [3.8, 4) is 0 Å². The molecule has 0 heterocycles. The van der Waals surface area contributed by atoms with Crippen LogP contribution >= 0.6 is 0 Å². The molecule has 0 aromatic heterocycles. The summed E-state index contributed by atoms with van der Waals surface area (Å²) < 4.78 is 26.5. The van der Waals surface area contributed by atoms with Crippen molar-refractivity contribution in [2.75, 3.05) is 0 Å². The predicted octanol–water partition coefficient (Wildman–Crippen LogP) is 2.33. The van der Waals surface area contributed by atoms with E-state index in [1.165, 1.54) is 0 Å². The highest BCUT2D eigenvalue weighted by atomic mass is 19.1. The second-order valence-corrected chi connectivity index (χ2v) is 5.58. The number of rotatable bonds is 4. The first-order valence-electron chi connectivity index (χ1n) is 6.83. The maximum absolute atomic E-state index is 13.5. The van der Waals surface area contributed by atoms with Crippen molar-refractivity contribution in [2.45, 2.75) is 26.3 Å². The molecule has 1 aliphatic rings. The van der Waals surface area contributed by atoms with E-state index in [1.807, 2.05) is 6.92 Å². The van der Waals surface area contributed by atoms with Gasteiger partial charge in [0.15, 0.2) is 0 Å². The summed E-state index contributed by atoms with van der Waals surface area (Å²) in [4.78, 5) is 23.2. The molecule has 1 amide bonds. The summed E-state index contributed by atoms with van der Waals surface area (Å²) in [5.41, 5.74) is 0.0428. The van der Waals surface area contributed by atoms with Crippen molar-refractivity contribution >= 4 is 11.9 Å². The number of carboxylic acids is 1. The highest BCUT2D eigenvalue weighted by Crippen LogP contribution is 2.36. The van der Waals surface area contributed by atoms with E-state index in [2.05, 4.69) is 5.32 Å². The summed E-state index contributed by atoms with van der Waals surface area (Å²) in [6, 6.07) is 3.01. The Balaban J connectivity index is 2.01. The van der Waals surface area contributed by atoms with Gasteiger partial charge in [-0.3, -0.25) is 9.59 Å². The van der Waals surface area contributed by atoms with E-state index >= 15 is 0 Å². The lowest BCUT2D eigenvalue weighted by atomic mass is 9.95. The van der Waals surface area contributed by atoms with Gasteiger partial charge in [-0.2, -0.15) is 0 Å². The van der Waals surface area contributed by atoms with Crippen LogP contribution in [0.1, 0.15) is 25.3 Å². The van der Waals surface area contributed by atoms with E-state index in [-0.39, 0.29) is 18.0 Å². The zero-order chi connectivity index (χ0) is 15.6. The molecule has 0 bridgehead atoms. The third kappa shape index (κ3) is 3.56. The largest absolute Gasteiger partial charge is 0.481 e. The lowest BCUT2D eigenvalue weighted by Gasteiger charge is -2.15. The fourth-order valence-electron chi connectivity index (χ4n) is 2.85. The molecule has 3 unspecified atom stereocenters. The normalized spacial score (nSPS) is 24.8. The van der Waals surface area contributed by atoms with Crippen LogP contribution in [0.4, 0.5) is 8.78 Å². The Morgan fingerprint density at radius 3 is 2.62 bits per heavy atom. The quantitative estimate of drug-likeness (QED) is 0.896. The molecule has 1 aromatic carbocycles. The van der Waals surface area contributed by atoms with Gasteiger partial charge in [-0.1, -0.05) is 6.92 Å². The van der Waals surface area contributed by atoms with Gasteiger partial charge in [-0.05, 0) is 37.0 Å². The molecule has 1 fully saturated rings. The van der Waals surface area contributed by atoms with Gasteiger partial charge in [0, 0.05) is 12.1 Å². The number of nitrogens with one attached hydrogen (secondary N) is 1. The summed E-state index contributed by atoms with van der Waals surface area (Å²) >= 11 is 0. The smallest absolute Gasteiger partial charge is 0.307 e. The summed E-state index contributed by atoms with van der Waals surface area (Å²) in [5.74, 6) is -3.77. The summed E-state index contributed by atoms with van der Waals surface area (Å²) in [5, 5.41) is 11.6. The molecular formula is C15H17F2NO3.